The summed E-state index contributed by atoms with van der Waals surface area (Å²) in [5, 5.41) is 9.57. The molecule has 0 heterocycles. The highest BCUT2D eigenvalue weighted by molar-refractivity contribution is 9.10. The fraction of sp³-hybridized carbons (Fsp3) is 0.533. The third kappa shape index (κ3) is 3.96. The molecule has 2 unspecified atom stereocenters. The first kappa shape index (κ1) is 16.0. The number of rotatable bonds is 7. The van der Waals surface area contributed by atoms with Crippen LogP contribution in [0.5, 0.6) is 0 Å². The molecule has 2 atom stereocenters. The number of hydrogen-bond acceptors (Lipinski definition) is 2. The fourth-order valence-electron chi connectivity index (χ4n) is 2.49. The Kier molecular flexibility index (Phi) is 6.35. The SMILES string of the molecule is CCCCC(CC)C(C(=O)O)c1cccc(Br)c1N. The molecule has 0 amide bonds. The van der Waals surface area contributed by atoms with Gasteiger partial charge in [-0.3, -0.25) is 4.79 Å². The summed E-state index contributed by atoms with van der Waals surface area (Å²) in [7, 11) is 0. The number of halogens is 1. The lowest BCUT2D eigenvalue weighted by atomic mass is 9.80. The first-order chi connectivity index (χ1) is 9.02. The average Bonchev–Trinajstić information content (AvgIpc) is 2.38. The van der Waals surface area contributed by atoms with E-state index in [-0.39, 0.29) is 5.92 Å². The van der Waals surface area contributed by atoms with Crippen LogP contribution in [0.1, 0.15) is 51.0 Å². The summed E-state index contributed by atoms with van der Waals surface area (Å²) in [6.45, 7) is 4.17. The first-order valence-electron chi connectivity index (χ1n) is 6.79. The number of para-hydroxylation sites is 1. The molecule has 3 nitrogen and oxygen atoms in total. The van der Waals surface area contributed by atoms with Crippen molar-refractivity contribution in [2.24, 2.45) is 5.92 Å². The molecular weight excluding hydrogens is 306 g/mol. The Labute approximate surface area is 123 Å². The van der Waals surface area contributed by atoms with Crippen LogP contribution in [0, 0.1) is 5.92 Å². The van der Waals surface area contributed by atoms with Gasteiger partial charge in [-0.2, -0.15) is 0 Å². The largest absolute Gasteiger partial charge is 0.481 e. The topological polar surface area (TPSA) is 63.3 Å². The number of carboxylic acids is 1. The van der Waals surface area contributed by atoms with E-state index in [0.717, 1.165) is 35.7 Å². The Bertz CT molecular complexity index is 434. The highest BCUT2D eigenvalue weighted by Gasteiger charge is 2.30. The number of aliphatic carboxylic acids is 1. The van der Waals surface area contributed by atoms with Gasteiger partial charge in [0, 0.05) is 10.2 Å². The molecule has 1 rings (SSSR count). The van der Waals surface area contributed by atoms with E-state index < -0.39 is 11.9 Å². The number of benzene rings is 1. The zero-order valence-corrected chi connectivity index (χ0v) is 13.1. The Balaban J connectivity index is 3.11. The van der Waals surface area contributed by atoms with Gasteiger partial charge in [-0.15, -0.1) is 0 Å². The van der Waals surface area contributed by atoms with Crippen molar-refractivity contribution >= 4 is 27.6 Å². The lowest BCUT2D eigenvalue weighted by Gasteiger charge is -2.24. The zero-order chi connectivity index (χ0) is 14.4. The normalized spacial score (nSPS) is 14.1. The number of carbonyl (C=O) groups is 1. The van der Waals surface area contributed by atoms with Gasteiger partial charge in [0.1, 0.15) is 0 Å². The third-order valence-electron chi connectivity index (χ3n) is 3.61. The molecular formula is C15H22BrNO2. The smallest absolute Gasteiger partial charge is 0.311 e. The molecule has 1 aromatic rings. The van der Waals surface area contributed by atoms with Crippen LogP contribution in [-0.4, -0.2) is 11.1 Å². The van der Waals surface area contributed by atoms with E-state index >= 15 is 0 Å². The van der Waals surface area contributed by atoms with E-state index in [4.69, 9.17) is 5.73 Å². The van der Waals surface area contributed by atoms with Crippen molar-refractivity contribution in [2.75, 3.05) is 5.73 Å². The molecule has 0 bridgehead atoms. The van der Waals surface area contributed by atoms with Gasteiger partial charge in [0.25, 0.3) is 0 Å². The van der Waals surface area contributed by atoms with Crippen molar-refractivity contribution < 1.29 is 9.90 Å². The quantitative estimate of drug-likeness (QED) is 0.729. The van der Waals surface area contributed by atoms with Crippen molar-refractivity contribution in [3.8, 4) is 0 Å². The highest BCUT2D eigenvalue weighted by Crippen LogP contribution is 2.37. The Morgan fingerprint density at radius 1 is 1.42 bits per heavy atom. The van der Waals surface area contributed by atoms with E-state index in [0.29, 0.717) is 5.69 Å². The Morgan fingerprint density at radius 3 is 2.63 bits per heavy atom. The number of nitrogen functional groups attached to an aromatic ring is 1. The van der Waals surface area contributed by atoms with Crippen molar-refractivity contribution in [1.29, 1.82) is 0 Å². The molecule has 0 aliphatic rings. The molecule has 0 radical (unpaired) electrons. The highest BCUT2D eigenvalue weighted by atomic mass is 79.9. The van der Waals surface area contributed by atoms with Crippen LogP contribution in [-0.2, 0) is 4.79 Å². The minimum Gasteiger partial charge on any atom is -0.481 e. The average molecular weight is 328 g/mol. The molecule has 0 aliphatic carbocycles. The monoisotopic (exact) mass is 327 g/mol. The molecule has 0 aliphatic heterocycles. The van der Waals surface area contributed by atoms with E-state index in [1.807, 2.05) is 25.1 Å². The summed E-state index contributed by atoms with van der Waals surface area (Å²) in [4.78, 5) is 11.7. The zero-order valence-electron chi connectivity index (χ0n) is 11.5. The number of anilines is 1. The second-order valence-electron chi connectivity index (χ2n) is 4.87. The lowest BCUT2D eigenvalue weighted by Crippen LogP contribution is -2.22. The van der Waals surface area contributed by atoms with Crippen LogP contribution >= 0.6 is 15.9 Å². The second-order valence-corrected chi connectivity index (χ2v) is 5.72. The number of unbranched alkanes of at least 4 members (excludes halogenated alkanes) is 1. The van der Waals surface area contributed by atoms with E-state index in [1.54, 1.807) is 0 Å². The third-order valence-corrected chi connectivity index (χ3v) is 4.30. The van der Waals surface area contributed by atoms with Crippen LogP contribution in [0.3, 0.4) is 0 Å². The summed E-state index contributed by atoms with van der Waals surface area (Å²) in [6, 6.07) is 5.51. The second kappa shape index (κ2) is 7.53. The van der Waals surface area contributed by atoms with E-state index in [9.17, 15) is 9.90 Å². The summed E-state index contributed by atoms with van der Waals surface area (Å²) < 4.78 is 0.765. The minimum atomic E-state index is -0.784. The van der Waals surface area contributed by atoms with Crippen LogP contribution in [0.2, 0.25) is 0 Å². The first-order valence-corrected chi connectivity index (χ1v) is 7.58. The molecule has 1 aromatic carbocycles. The van der Waals surface area contributed by atoms with Crippen LogP contribution in [0.4, 0.5) is 5.69 Å². The fourth-order valence-corrected chi connectivity index (χ4v) is 2.87. The van der Waals surface area contributed by atoms with Gasteiger partial charge < -0.3 is 10.8 Å². The standard InChI is InChI=1S/C15H22BrNO2/c1-3-5-7-10(4-2)13(15(18)19)11-8-6-9-12(16)14(11)17/h6,8-10,13H,3-5,7,17H2,1-2H3,(H,18,19). The van der Waals surface area contributed by atoms with Gasteiger partial charge in [0.2, 0.25) is 0 Å². The molecule has 106 valence electrons. The number of carboxylic acid groups (broad SMARTS) is 1. The minimum absolute atomic E-state index is 0.133. The van der Waals surface area contributed by atoms with Crippen LogP contribution in [0.15, 0.2) is 22.7 Å². The lowest BCUT2D eigenvalue weighted by molar-refractivity contribution is -0.140. The van der Waals surface area contributed by atoms with Crippen LogP contribution < -0.4 is 5.73 Å². The van der Waals surface area contributed by atoms with E-state index in [1.165, 1.54) is 0 Å². The maximum absolute atomic E-state index is 11.7. The summed E-state index contributed by atoms with van der Waals surface area (Å²) in [6.07, 6.45) is 3.91. The maximum atomic E-state index is 11.7. The van der Waals surface area contributed by atoms with Crippen molar-refractivity contribution in [1.82, 2.24) is 0 Å². The molecule has 19 heavy (non-hydrogen) atoms. The van der Waals surface area contributed by atoms with Crippen molar-refractivity contribution in [3.63, 3.8) is 0 Å². The van der Waals surface area contributed by atoms with Gasteiger partial charge >= 0.3 is 5.97 Å². The van der Waals surface area contributed by atoms with Gasteiger partial charge in [-0.05, 0) is 39.9 Å². The van der Waals surface area contributed by atoms with Crippen molar-refractivity contribution in [2.45, 2.75) is 45.4 Å². The molecule has 0 fully saturated rings. The Morgan fingerprint density at radius 2 is 2.11 bits per heavy atom. The van der Waals surface area contributed by atoms with E-state index in [2.05, 4.69) is 22.9 Å². The number of hydrogen-bond donors (Lipinski definition) is 2. The molecule has 3 N–H and O–H groups in total. The van der Waals surface area contributed by atoms with Gasteiger partial charge in [-0.1, -0.05) is 45.2 Å². The van der Waals surface area contributed by atoms with Crippen molar-refractivity contribution in [3.05, 3.63) is 28.2 Å². The predicted molar refractivity (Wildman–Crippen MR) is 82.2 cm³/mol. The molecule has 4 heteroatoms. The summed E-state index contributed by atoms with van der Waals surface area (Å²) >= 11 is 3.37. The van der Waals surface area contributed by atoms with Gasteiger partial charge in [0.05, 0.1) is 5.92 Å². The molecule has 0 spiro atoms. The molecule has 0 aromatic heterocycles. The Hall–Kier alpha value is -1.03. The molecule has 0 saturated heterocycles. The predicted octanol–water partition coefficient (Wildman–Crippen LogP) is 4.42. The number of nitrogens with two attached hydrogens (primary N) is 1. The summed E-state index contributed by atoms with van der Waals surface area (Å²) in [5.74, 6) is -1.17. The molecule has 0 saturated carbocycles. The summed E-state index contributed by atoms with van der Waals surface area (Å²) in [5.41, 5.74) is 7.31. The maximum Gasteiger partial charge on any atom is 0.311 e. The van der Waals surface area contributed by atoms with Crippen LogP contribution in [0.25, 0.3) is 0 Å². The van der Waals surface area contributed by atoms with Gasteiger partial charge in [-0.25, -0.2) is 0 Å². The van der Waals surface area contributed by atoms with Gasteiger partial charge in [0.15, 0.2) is 0 Å².